The van der Waals surface area contributed by atoms with E-state index in [0.29, 0.717) is 35.5 Å². The summed E-state index contributed by atoms with van der Waals surface area (Å²) in [5.74, 6) is 0.900. The molecule has 2 aromatic heterocycles. The van der Waals surface area contributed by atoms with Crippen LogP contribution < -0.4 is 10.1 Å². The van der Waals surface area contributed by atoms with Crippen LogP contribution in [0, 0.1) is 5.92 Å². The maximum atomic E-state index is 10.6. The molecule has 1 N–H and O–H groups in total. The molecule has 0 spiro atoms. The first-order valence-electron chi connectivity index (χ1n) is 6.74. The zero-order chi connectivity index (χ0) is 13.9. The Morgan fingerprint density at radius 1 is 1.45 bits per heavy atom. The van der Waals surface area contributed by atoms with Gasteiger partial charge in [-0.3, -0.25) is 4.79 Å². The van der Waals surface area contributed by atoms with Crippen molar-refractivity contribution in [2.75, 3.05) is 5.32 Å². The zero-order valence-electron chi connectivity index (χ0n) is 11.2. The molecule has 2 unspecified atom stereocenters. The van der Waals surface area contributed by atoms with Crippen molar-refractivity contribution in [1.29, 1.82) is 0 Å². The van der Waals surface area contributed by atoms with Crippen LogP contribution in [0.25, 0.3) is 5.65 Å². The number of tetrazole rings is 1. The number of hydrogen-bond acceptors (Lipinski definition) is 7. The van der Waals surface area contributed by atoms with Crippen LogP contribution in [0.1, 0.15) is 32.6 Å². The molecule has 8 nitrogen and oxygen atoms in total. The minimum atomic E-state index is 0.320. The van der Waals surface area contributed by atoms with Crippen molar-refractivity contribution in [1.82, 2.24) is 25.3 Å². The predicted molar refractivity (Wildman–Crippen MR) is 70.3 cm³/mol. The molecule has 0 bridgehead atoms. The van der Waals surface area contributed by atoms with Gasteiger partial charge in [-0.25, -0.2) is 0 Å². The average molecular weight is 276 g/mol. The second-order valence-electron chi connectivity index (χ2n) is 5.10. The van der Waals surface area contributed by atoms with Gasteiger partial charge in [0.05, 0.1) is 6.20 Å². The van der Waals surface area contributed by atoms with Crippen molar-refractivity contribution < 1.29 is 9.53 Å². The summed E-state index contributed by atoms with van der Waals surface area (Å²) in [5, 5.41) is 18.7. The first-order valence-corrected chi connectivity index (χ1v) is 6.74. The first-order chi connectivity index (χ1) is 9.79. The summed E-state index contributed by atoms with van der Waals surface area (Å²) in [6.45, 7) is 2.60. The van der Waals surface area contributed by atoms with E-state index in [4.69, 9.17) is 4.74 Å². The molecule has 1 aliphatic carbocycles. The molecule has 0 radical (unpaired) electrons. The molecular formula is C12H16N6O2. The fourth-order valence-electron chi connectivity index (χ4n) is 2.69. The smallest absolute Gasteiger partial charge is 0.298 e. The number of aromatic nitrogens is 5. The van der Waals surface area contributed by atoms with Crippen LogP contribution in [-0.4, -0.2) is 37.8 Å². The minimum absolute atomic E-state index is 0.320. The molecule has 1 aliphatic rings. The Kier molecular flexibility index (Phi) is 3.44. The van der Waals surface area contributed by atoms with Gasteiger partial charge in [0.1, 0.15) is 5.69 Å². The van der Waals surface area contributed by atoms with Gasteiger partial charge in [0.2, 0.25) is 5.65 Å². The third-order valence-corrected chi connectivity index (χ3v) is 3.82. The Morgan fingerprint density at radius 2 is 2.30 bits per heavy atom. The van der Waals surface area contributed by atoms with Gasteiger partial charge in [0, 0.05) is 6.04 Å². The maximum absolute atomic E-state index is 10.6. The Morgan fingerprint density at radius 3 is 3.10 bits per heavy atom. The molecule has 0 aromatic carbocycles. The van der Waals surface area contributed by atoms with Crippen LogP contribution in [0.5, 0.6) is 5.75 Å². The lowest BCUT2D eigenvalue weighted by Crippen LogP contribution is -2.30. The molecule has 0 saturated heterocycles. The molecule has 2 heterocycles. The number of carbonyl (C=O) groups is 1. The number of carbonyl (C=O) groups excluding carboxylic acids is 1. The average Bonchev–Trinajstić information content (AvgIpc) is 2.92. The fraction of sp³-hybridized carbons (Fsp3) is 0.583. The topological polar surface area (TPSA) is 94.3 Å². The lowest BCUT2D eigenvalue weighted by Gasteiger charge is -2.30. The summed E-state index contributed by atoms with van der Waals surface area (Å²) in [6.07, 6.45) is 6.16. The molecule has 1 fully saturated rings. The summed E-state index contributed by atoms with van der Waals surface area (Å²) in [5.41, 5.74) is 1.08. The number of nitrogens with one attached hydrogen (secondary N) is 1. The van der Waals surface area contributed by atoms with Crippen LogP contribution >= 0.6 is 0 Å². The van der Waals surface area contributed by atoms with Gasteiger partial charge in [-0.15, -0.1) is 9.73 Å². The molecule has 20 heavy (non-hydrogen) atoms. The molecule has 2 aromatic rings. The quantitative estimate of drug-likeness (QED) is 0.834. The summed E-state index contributed by atoms with van der Waals surface area (Å²) >= 11 is 0. The summed E-state index contributed by atoms with van der Waals surface area (Å²) < 4.78 is 6.29. The van der Waals surface area contributed by atoms with Gasteiger partial charge >= 0.3 is 0 Å². The highest BCUT2D eigenvalue weighted by atomic mass is 16.5. The van der Waals surface area contributed by atoms with E-state index >= 15 is 0 Å². The van der Waals surface area contributed by atoms with Crippen LogP contribution in [0.2, 0.25) is 0 Å². The third-order valence-electron chi connectivity index (χ3n) is 3.82. The maximum Gasteiger partial charge on any atom is 0.298 e. The highest BCUT2D eigenvalue weighted by molar-refractivity contribution is 5.75. The molecule has 1 saturated carbocycles. The van der Waals surface area contributed by atoms with Crippen molar-refractivity contribution in [3.05, 3.63) is 6.20 Å². The zero-order valence-corrected chi connectivity index (χ0v) is 11.2. The van der Waals surface area contributed by atoms with Gasteiger partial charge in [0.25, 0.3) is 6.47 Å². The highest BCUT2D eigenvalue weighted by Crippen LogP contribution is 2.32. The number of fused-ring (bicyclic) bond motifs is 1. The number of ether oxygens (including phenoxy) is 1. The standard InChI is InChI=1S/C12H16N6O2/c1-8-4-2-3-5-9(8)14-11-10(20-7-19)6-13-18-12(11)15-16-17-18/h6-9,14H,2-5H2,1H3. The summed E-state index contributed by atoms with van der Waals surface area (Å²) in [7, 11) is 0. The number of nitrogens with zero attached hydrogens (tertiary/aromatic N) is 5. The van der Waals surface area contributed by atoms with E-state index in [1.54, 1.807) is 0 Å². The number of anilines is 1. The van der Waals surface area contributed by atoms with Crippen LogP contribution in [-0.2, 0) is 4.79 Å². The van der Waals surface area contributed by atoms with Gasteiger partial charge in [0.15, 0.2) is 5.75 Å². The SMILES string of the molecule is CC1CCCCC1Nc1c(OC=O)cnn2nnnc12. The summed E-state index contributed by atoms with van der Waals surface area (Å²) in [4.78, 5) is 10.6. The van der Waals surface area contributed by atoms with Gasteiger partial charge < -0.3 is 10.1 Å². The van der Waals surface area contributed by atoms with E-state index in [1.807, 2.05) is 0 Å². The predicted octanol–water partition coefficient (Wildman–Crippen LogP) is 1.05. The van der Waals surface area contributed by atoms with Crippen molar-refractivity contribution in [3.63, 3.8) is 0 Å². The van der Waals surface area contributed by atoms with Gasteiger partial charge in [-0.2, -0.15) is 5.10 Å². The molecule has 8 heteroatoms. The molecule has 2 atom stereocenters. The molecule has 106 valence electrons. The van der Waals surface area contributed by atoms with Gasteiger partial charge in [-0.05, 0) is 29.2 Å². The summed E-state index contributed by atoms with van der Waals surface area (Å²) in [6, 6.07) is 0.320. The third kappa shape index (κ3) is 2.28. The van der Waals surface area contributed by atoms with E-state index in [9.17, 15) is 4.79 Å². The minimum Gasteiger partial charge on any atom is -0.425 e. The molecular weight excluding hydrogens is 260 g/mol. The van der Waals surface area contributed by atoms with Crippen molar-refractivity contribution in [3.8, 4) is 5.75 Å². The monoisotopic (exact) mass is 276 g/mol. The first kappa shape index (κ1) is 12.8. The second-order valence-corrected chi connectivity index (χ2v) is 5.10. The van der Waals surface area contributed by atoms with E-state index in [0.717, 1.165) is 6.42 Å². The molecule has 0 aliphatic heterocycles. The number of hydrogen-bond donors (Lipinski definition) is 1. The van der Waals surface area contributed by atoms with Crippen molar-refractivity contribution >= 4 is 17.8 Å². The molecule has 0 amide bonds. The second kappa shape index (κ2) is 5.40. The fourth-order valence-corrected chi connectivity index (χ4v) is 2.69. The van der Waals surface area contributed by atoms with Crippen LogP contribution in [0.3, 0.4) is 0 Å². The van der Waals surface area contributed by atoms with E-state index in [1.165, 1.54) is 30.1 Å². The Labute approximate surface area is 115 Å². The Bertz CT molecular complexity index is 613. The van der Waals surface area contributed by atoms with E-state index in [-0.39, 0.29) is 0 Å². The van der Waals surface area contributed by atoms with Crippen LogP contribution in [0.4, 0.5) is 5.69 Å². The Balaban J connectivity index is 1.96. The normalized spacial score (nSPS) is 22.6. The van der Waals surface area contributed by atoms with Gasteiger partial charge in [-0.1, -0.05) is 19.8 Å². The van der Waals surface area contributed by atoms with E-state index in [2.05, 4.69) is 32.9 Å². The van der Waals surface area contributed by atoms with Crippen molar-refractivity contribution in [2.24, 2.45) is 5.92 Å². The number of rotatable bonds is 4. The lowest BCUT2D eigenvalue weighted by molar-refractivity contribution is -0.120. The molecule has 3 rings (SSSR count). The van der Waals surface area contributed by atoms with Crippen LogP contribution in [0.15, 0.2) is 6.20 Å². The Hall–Kier alpha value is -2.25. The highest BCUT2D eigenvalue weighted by Gasteiger charge is 2.24. The lowest BCUT2D eigenvalue weighted by atomic mass is 9.86. The van der Waals surface area contributed by atoms with E-state index < -0.39 is 0 Å². The van der Waals surface area contributed by atoms with Crippen molar-refractivity contribution in [2.45, 2.75) is 38.6 Å². The largest absolute Gasteiger partial charge is 0.425 e.